The van der Waals surface area contributed by atoms with E-state index in [1.807, 2.05) is 12.1 Å². The number of carbonyl (C=O) groups is 2. The summed E-state index contributed by atoms with van der Waals surface area (Å²) in [6.07, 6.45) is 2.82. The van der Waals surface area contributed by atoms with Crippen LogP contribution >= 0.6 is 0 Å². The largest absolute Gasteiger partial charge is 0.493 e. The molecule has 0 saturated heterocycles. The molecular formula is C28H38FN3O4. The van der Waals surface area contributed by atoms with E-state index < -0.39 is 18.0 Å². The number of aliphatic hydroxyl groups excluding tert-OH is 1. The molecule has 196 valence electrons. The molecule has 0 aliphatic carbocycles. The molecule has 0 fully saturated rings. The molecule has 36 heavy (non-hydrogen) atoms. The van der Waals surface area contributed by atoms with Crippen molar-refractivity contribution in [2.45, 2.75) is 64.1 Å². The molecule has 3 rings (SSSR count). The molecule has 8 heteroatoms. The molecule has 1 aliphatic heterocycles. The zero-order valence-electron chi connectivity index (χ0n) is 21.3. The van der Waals surface area contributed by atoms with Gasteiger partial charge in [-0.3, -0.25) is 9.59 Å². The fraction of sp³-hybridized carbons (Fsp3) is 0.500. The van der Waals surface area contributed by atoms with E-state index in [4.69, 9.17) is 4.74 Å². The van der Waals surface area contributed by atoms with Crippen LogP contribution in [0.25, 0.3) is 0 Å². The van der Waals surface area contributed by atoms with Crippen molar-refractivity contribution in [2.75, 3.05) is 26.7 Å². The first kappa shape index (κ1) is 27.6. The number of ether oxygens (including phenoxy) is 1. The van der Waals surface area contributed by atoms with Gasteiger partial charge in [0.15, 0.2) is 0 Å². The van der Waals surface area contributed by atoms with Crippen molar-refractivity contribution in [3.63, 3.8) is 0 Å². The SMILES string of the molecule is CCc1cccc(CNC[C@@H](O)C2Cc3cc(F)cc(c3)OCCCCCC(=O)N(C)CC(=O)N2)c1. The van der Waals surface area contributed by atoms with Crippen molar-refractivity contribution in [2.24, 2.45) is 0 Å². The van der Waals surface area contributed by atoms with Crippen molar-refractivity contribution in [3.8, 4) is 5.75 Å². The van der Waals surface area contributed by atoms with Gasteiger partial charge >= 0.3 is 0 Å². The molecule has 2 aromatic rings. The fourth-order valence-electron chi connectivity index (χ4n) is 4.32. The monoisotopic (exact) mass is 499 g/mol. The predicted molar refractivity (Wildman–Crippen MR) is 137 cm³/mol. The van der Waals surface area contributed by atoms with Crippen LogP contribution in [0, 0.1) is 5.82 Å². The Morgan fingerprint density at radius 3 is 2.78 bits per heavy atom. The number of amides is 2. The summed E-state index contributed by atoms with van der Waals surface area (Å²) in [5, 5.41) is 17.1. The lowest BCUT2D eigenvalue weighted by Crippen LogP contribution is -2.51. The molecule has 1 heterocycles. The van der Waals surface area contributed by atoms with Gasteiger partial charge in [0.2, 0.25) is 11.8 Å². The van der Waals surface area contributed by atoms with Gasteiger partial charge in [0.05, 0.1) is 25.3 Å². The Kier molecular flexibility index (Phi) is 10.7. The van der Waals surface area contributed by atoms with Crippen LogP contribution in [-0.4, -0.2) is 60.7 Å². The molecule has 0 saturated carbocycles. The number of aryl methyl sites for hydroxylation is 1. The van der Waals surface area contributed by atoms with E-state index in [9.17, 15) is 19.1 Å². The van der Waals surface area contributed by atoms with E-state index >= 15 is 0 Å². The predicted octanol–water partition coefficient (Wildman–Crippen LogP) is 2.98. The molecule has 7 nitrogen and oxygen atoms in total. The number of rotatable bonds is 6. The third kappa shape index (κ3) is 8.91. The Hall–Kier alpha value is -2.97. The lowest BCUT2D eigenvalue weighted by atomic mass is 10.00. The van der Waals surface area contributed by atoms with E-state index in [0.29, 0.717) is 37.3 Å². The van der Waals surface area contributed by atoms with E-state index in [2.05, 4.69) is 29.7 Å². The number of halogens is 1. The van der Waals surface area contributed by atoms with Gasteiger partial charge < -0.3 is 25.4 Å². The average molecular weight is 500 g/mol. The molecule has 0 radical (unpaired) electrons. The van der Waals surface area contributed by atoms with Gasteiger partial charge in [0.1, 0.15) is 11.6 Å². The van der Waals surface area contributed by atoms with Gasteiger partial charge in [0.25, 0.3) is 0 Å². The van der Waals surface area contributed by atoms with Crippen LogP contribution in [0.1, 0.15) is 49.3 Å². The Bertz CT molecular complexity index is 1020. The van der Waals surface area contributed by atoms with Crippen LogP contribution in [0.3, 0.4) is 0 Å². The van der Waals surface area contributed by atoms with Gasteiger partial charge in [-0.2, -0.15) is 0 Å². The second-order valence-corrected chi connectivity index (χ2v) is 9.45. The number of nitrogens with zero attached hydrogens (tertiary/aromatic N) is 1. The zero-order valence-corrected chi connectivity index (χ0v) is 21.3. The van der Waals surface area contributed by atoms with Crippen molar-refractivity contribution < 1.29 is 23.8 Å². The lowest BCUT2D eigenvalue weighted by Gasteiger charge is -2.26. The highest BCUT2D eigenvalue weighted by molar-refractivity contribution is 5.84. The Labute approximate surface area is 213 Å². The maximum Gasteiger partial charge on any atom is 0.239 e. The van der Waals surface area contributed by atoms with Crippen LogP contribution in [-0.2, 0) is 29.0 Å². The maximum atomic E-state index is 14.3. The molecule has 0 aromatic heterocycles. The van der Waals surface area contributed by atoms with E-state index in [1.165, 1.54) is 22.6 Å². The number of nitrogens with one attached hydrogen (secondary N) is 2. The van der Waals surface area contributed by atoms with E-state index in [0.717, 1.165) is 24.8 Å². The number of hydrogen-bond donors (Lipinski definition) is 3. The third-order valence-corrected chi connectivity index (χ3v) is 6.39. The topological polar surface area (TPSA) is 90.9 Å². The number of aliphatic hydroxyl groups is 1. The summed E-state index contributed by atoms with van der Waals surface area (Å²) in [4.78, 5) is 26.5. The molecular weight excluding hydrogens is 461 g/mol. The standard InChI is InChI=1S/C28H38FN3O4/c1-3-20-8-7-9-21(12-20)17-30-18-26(33)25-15-22-13-23(29)16-24(14-22)36-11-6-4-5-10-28(35)32(2)19-27(34)31-25/h7-9,12-14,16,25-26,30,33H,3-6,10-11,15,17-19H2,1-2H3,(H,31,34)/t25?,26-/m1/s1. The Morgan fingerprint density at radius 2 is 1.97 bits per heavy atom. The summed E-state index contributed by atoms with van der Waals surface area (Å²) < 4.78 is 20.0. The van der Waals surface area contributed by atoms with Crippen LogP contribution in [0.4, 0.5) is 4.39 Å². The van der Waals surface area contributed by atoms with Crippen LogP contribution in [0.5, 0.6) is 5.75 Å². The number of fused-ring (bicyclic) bond motifs is 2. The summed E-state index contributed by atoms with van der Waals surface area (Å²) in [6.45, 7) is 3.23. The maximum absolute atomic E-state index is 14.3. The lowest BCUT2D eigenvalue weighted by molar-refractivity contribution is -0.135. The number of likely N-dealkylation sites (N-methyl/N-ethyl adjacent to an activating group) is 1. The average Bonchev–Trinajstić information content (AvgIpc) is 2.84. The van der Waals surface area contributed by atoms with E-state index in [-0.39, 0.29) is 31.3 Å². The normalized spacial score (nSPS) is 18.9. The second kappa shape index (κ2) is 13.9. The highest BCUT2D eigenvalue weighted by atomic mass is 19.1. The van der Waals surface area contributed by atoms with Gasteiger partial charge in [-0.05, 0) is 60.9 Å². The fourth-order valence-corrected chi connectivity index (χ4v) is 4.32. The summed E-state index contributed by atoms with van der Waals surface area (Å²) in [7, 11) is 1.60. The van der Waals surface area contributed by atoms with Crippen LogP contribution in [0.15, 0.2) is 42.5 Å². The second-order valence-electron chi connectivity index (χ2n) is 9.45. The van der Waals surface area contributed by atoms with Crippen LogP contribution in [0.2, 0.25) is 0 Å². The molecule has 1 unspecified atom stereocenters. The minimum Gasteiger partial charge on any atom is -0.493 e. The number of hydrogen-bond acceptors (Lipinski definition) is 5. The minimum absolute atomic E-state index is 0.0986. The third-order valence-electron chi connectivity index (χ3n) is 6.39. The first-order valence-corrected chi connectivity index (χ1v) is 12.8. The summed E-state index contributed by atoms with van der Waals surface area (Å²) >= 11 is 0. The highest BCUT2D eigenvalue weighted by Gasteiger charge is 2.24. The van der Waals surface area contributed by atoms with Gasteiger partial charge in [-0.1, -0.05) is 31.2 Å². The number of benzene rings is 2. The molecule has 1 aliphatic rings. The molecule has 2 aromatic carbocycles. The first-order chi connectivity index (χ1) is 17.3. The van der Waals surface area contributed by atoms with Crippen molar-refractivity contribution in [1.29, 1.82) is 0 Å². The zero-order chi connectivity index (χ0) is 25.9. The minimum atomic E-state index is -0.934. The Morgan fingerprint density at radius 1 is 1.17 bits per heavy atom. The van der Waals surface area contributed by atoms with Crippen molar-refractivity contribution in [3.05, 3.63) is 65.0 Å². The molecule has 0 spiro atoms. The molecule has 2 bridgehead atoms. The molecule has 3 N–H and O–H groups in total. The van der Waals surface area contributed by atoms with E-state index in [1.54, 1.807) is 13.1 Å². The smallest absolute Gasteiger partial charge is 0.239 e. The highest BCUT2D eigenvalue weighted by Crippen LogP contribution is 2.19. The van der Waals surface area contributed by atoms with Crippen molar-refractivity contribution >= 4 is 11.8 Å². The Balaban J connectivity index is 1.72. The number of carbonyl (C=O) groups excluding carboxylic acids is 2. The van der Waals surface area contributed by atoms with Gasteiger partial charge in [0, 0.05) is 32.6 Å². The molecule has 2 amide bonds. The van der Waals surface area contributed by atoms with Crippen molar-refractivity contribution in [1.82, 2.24) is 15.5 Å². The summed E-state index contributed by atoms with van der Waals surface area (Å²) in [5.74, 6) is -0.479. The van der Waals surface area contributed by atoms with Gasteiger partial charge in [-0.25, -0.2) is 4.39 Å². The quantitative estimate of drug-likeness (QED) is 0.569. The summed E-state index contributed by atoms with van der Waals surface area (Å²) in [5.41, 5.74) is 2.96. The van der Waals surface area contributed by atoms with Gasteiger partial charge in [-0.15, -0.1) is 0 Å². The molecule has 2 atom stereocenters. The summed E-state index contributed by atoms with van der Waals surface area (Å²) in [6, 6.07) is 12.0. The first-order valence-electron chi connectivity index (χ1n) is 12.8. The van der Waals surface area contributed by atoms with Crippen LogP contribution < -0.4 is 15.4 Å².